The highest BCUT2D eigenvalue weighted by atomic mass is 32.1. The lowest BCUT2D eigenvalue weighted by Gasteiger charge is -2.10. The molecule has 0 amide bonds. The molecule has 2 heterocycles. The van der Waals surface area contributed by atoms with E-state index in [4.69, 9.17) is 0 Å². The Morgan fingerprint density at radius 2 is 2.20 bits per heavy atom. The highest BCUT2D eigenvalue weighted by Crippen LogP contribution is 2.24. The Bertz CT molecular complexity index is 710. The molecule has 1 aliphatic carbocycles. The van der Waals surface area contributed by atoms with Gasteiger partial charge in [-0.1, -0.05) is 18.2 Å². The molecule has 2 aromatic heterocycles. The first-order valence-corrected chi connectivity index (χ1v) is 7.96. The fourth-order valence-electron chi connectivity index (χ4n) is 2.61. The number of benzene rings is 1. The normalized spacial score (nSPS) is 15.0. The zero-order valence-corrected chi connectivity index (χ0v) is 12.1. The second kappa shape index (κ2) is 5.04. The zero-order chi connectivity index (χ0) is 13.4. The maximum absolute atomic E-state index is 4.19. The van der Waals surface area contributed by atoms with Crippen molar-refractivity contribution < 1.29 is 0 Å². The number of nitrogens with one attached hydrogen (secondary N) is 1. The van der Waals surface area contributed by atoms with Gasteiger partial charge in [-0.25, -0.2) is 0 Å². The SMILES string of the molecule is c1ccc2c(c1)cc(CNC1CC1)n2Cc1cncs1. The molecular weight excluding hydrogens is 266 g/mol. The Hall–Kier alpha value is -1.65. The van der Waals surface area contributed by atoms with Crippen molar-refractivity contribution in [1.82, 2.24) is 14.9 Å². The van der Waals surface area contributed by atoms with Gasteiger partial charge in [-0.15, -0.1) is 11.3 Å². The van der Waals surface area contributed by atoms with Crippen LogP contribution in [0.25, 0.3) is 10.9 Å². The Kier molecular flexibility index (Phi) is 3.05. The van der Waals surface area contributed by atoms with E-state index >= 15 is 0 Å². The van der Waals surface area contributed by atoms with Crippen molar-refractivity contribution in [3.63, 3.8) is 0 Å². The molecule has 0 unspecified atom stereocenters. The lowest BCUT2D eigenvalue weighted by atomic mass is 10.2. The summed E-state index contributed by atoms with van der Waals surface area (Å²) in [6, 6.07) is 11.7. The van der Waals surface area contributed by atoms with E-state index in [1.165, 1.54) is 34.3 Å². The first-order chi connectivity index (χ1) is 9.90. The Morgan fingerprint density at radius 1 is 1.30 bits per heavy atom. The van der Waals surface area contributed by atoms with Gasteiger partial charge in [0.2, 0.25) is 0 Å². The summed E-state index contributed by atoms with van der Waals surface area (Å²) < 4.78 is 2.41. The predicted octanol–water partition coefficient (Wildman–Crippen LogP) is 3.40. The molecule has 0 aliphatic heterocycles. The largest absolute Gasteiger partial charge is 0.338 e. The summed E-state index contributed by atoms with van der Waals surface area (Å²) in [5, 5.41) is 4.94. The van der Waals surface area contributed by atoms with E-state index in [-0.39, 0.29) is 0 Å². The molecule has 0 spiro atoms. The van der Waals surface area contributed by atoms with Gasteiger partial charge < -0.3 is 9.88 Å². The molecule has 1 fully saturated rings. The number of thiazole rings is 1. The molecule has 3 nitrogen and oxygen atoms in total. The van der Waals surface area contributed by atoms with Crippen molar-refractivity contribution in [2.75, 3.05) is 0 Å². The van der Waals surface area contributed by atoms with Crippen LogP contribution in [0.2, 0.25) is 0 Å². The first kappa shape index (κ1) is 12.1. The number of hydrogen-bond acceptors (Lipinski definition) is 3. The number of rotatable bonds is 5. The summed E-state index contributed by atoms with van der Waals surface area (Å²) in [5.74, 6) is 0. The predicted molar refractivity (Wildman–Crippen MR) is 83.0 cm³/mol. The van der Waals surface area contributed by atoms with Crippen molar-refractivity contribution >= 4 is 22.2 Å². The van der Waals surface area contributed by atoms with Crippen molar-refractivity contribution in [2.24, 2.45) is 0 Å². The highest BCUT2D eigenvalue weighted by Gasteiger charge is 2.21. The lowest BCUT2D eigenvalue weighted by molar-refractivity contribution is 0.643. The Labute approximate surface area is 122 Å². The molecule has 3 aromatic rings. The van der Waals surface area contributed by atoms with Gasteiger partial charge in [-0.3, -0.25) is 4.98 Å². The molecule has 1 saturated carbocycles. The van der Waals surface area contributed by atoms with E-state index in [0.29, 0.717) is 0 Å². The van der Waals surface area contributed by atoms with Crippen molar-refractivity contribution in [3.05, 3.63) is 52.6 Å². The fraction of sp³-hybridized carbons (Fsp3) is 0.312. The van der Waals surface area contributed by atoms with Gasteiger partial charge >= 0.3 is 0 Å². The van der Waals surface area contributed by atoms with E-state index in [1.54, 1.807) is 11.3 Å². The fourth-order valence-corrected chi connectivity index (χ4v) is 3.20. The molecule has 0 atom stereocenters. The minimum atomic E-state index is 0.741. The maximum Gasteiger partial charge on any atom is 0.0794 e. The number of aromatic nitrogens is 2. The molecular formula is C16H17N3S. The van der Waals surface area contributed by atoms with Gasteiger partial charge in [0.25, 0.3) is 0 Å². The molecule has 4 rings (SSSR count). The molecule has 0 radical (unpaired) electrons. The van der Waals surface area contributed by atoms with Crippen LogP contribution in [0.15, 0.2) is 42.0 Å². The number of nitrogens with zero attached hydrogens (tertiary/aromatic N) is 2. The summed E-state index contributed by atoms with van der Waals surface area (Å²) in [4.78, 5) is 5.49. The topological polar surface area (TPSA) is 29.9 Å². The Morgan fingerprint density at radius 3 is 3.00 bits per heavy atom. The standard InChI is InChI=1S/C16H17N3S/c1-2-4-16-12(3-1)7-14(8-18-13-5-6-13)19(16)10-15-9-17-11-20-15/h1-4,7,9,11,13,18H,5-6,8,10H2. The minimum absolute atomic E-state index is 0.741. The van der Waals surface area contributed by atoms with Crippen LogP contribution in [-0.4, -0.2) is 15.6 Å². The van der Waals surface area contributed by atoms with Crippen LogP contribution in [0.3, 0.4) is 0 Å². The molecule has 1 N–H and O–H groups in total. The van der Waals surface area contributed by atoms with Gasteiger partial charge in [-0.05, 0) is 30.4 Å². The first-order valence-electron chi connectivity index (χ1n) is 7.08. The summed E-state index contributed by atoms with van der Waals surface area (Å²) >= 11 is 1.72. The van der Waals surface area contributed by atoms with E-state index in [0.717, 1.165) is 19.1 Å². The average molecular weight is 283 g/mol. The summed E-state index contributed by atoms with van der Waals surface area (Å²) in [5.41, 5.74) is 4.59. The molecule has 1 aliphatic rings. The van der Waals surface area contributed by atoms with Gasteiger partial charge in [0.1, 0.15) is 0 Å². The third kappa shape index (κ3) is 2.37. The molecule has 4 heteroatoms. The number of hydrogen-bond donors (Lipinski definition) is 1. The van der Waals surface area contributed by atoms with Crippen LogP contribution in [0, 0.1) is 0 Å². The minimum Gasteiger partial charge on any atom is -0.338 e. The summed E-state index contributed by atoms with van der Waals surface area (Å²) in [6.45, 7) is 1.87. The molecule has 20 heavy (non-hydrogen) atoms. The number of fused-ring (bicyclic) bond motifs is 1. The maximum atomic E-state index is 4.19. The average Bonchev–Trinajstić information content (AvgIpc) is 3.04. The van der Waals surface area contributed by atoms with Crippen LogP contribution < -0.4 is 5.32 Å². The van der Waals surface area contributed by atoms with Crippen molar-refractivity contribution in [1.29, 1.82) is 0 Å². The lowest BCUT2D eigenvalue weighted by Crippen LogP contribution is -2.18. The number of para-hydroxylation sites is 1. The second-order valence-corrected chi connectivity index (χ2v) is 6.37. The summed E-state index contributed by atoms with van der Waals surface area (Å²) in [6.07, 6.45) is 4.63. The van der Waals surface area contributed by atoms with Gasteiger partial charge in [0.15, 0.2) is 0 Å². The molecule has 102 valence electrons. The monoisotopic (exact) mass is 283 g/mol. The van der Waals surface area contributed by atoms with Gasteiger partial charge in [-0.2, -0.15) is 0 Å². The van der Waals surface area contributed by atoms with E-state index in [1.807, 2.05) is 11.7 Å². The van der Waals surface area contributed by atoms with Crippen LogP contribution in [0.5, 0.6) is 0 Å². The second-order valence-electron chi connectivity index (χ2n) is 5.40. The van der Waals surface area contributed by atoms with Crippen LogP contribution in [-0.2, 0) is 13.1 Å². The van der Waals surface area contributed by atoms with Crippen molar-refractivity contribution in [2.45, 2.75) is 32.0 Å². The van der Waals surface area contributed by atoms with Gasteiger partial charge in [0, 0.05) is 34.9 Å². The zero-order valence-electron chi connectivity index (χ0n) is 11.2. The third-order valence-corrected chi connectivity index (χ3v) is 4.61. The van der Waals surface area contributed by atoms with E-state index in [2.05, 4.69) is 45.2 Å². The molecule has 1 aromatic carbocycles. The third-order valence-electron chi connectivity index (χ3n) is 3.84. The van der Waals surface area contributed by atoms with E-state index < -0.39 is 0 Å². The molecule has 0 bridgehead atoms. The van der Waals surface area contributed by atoms with Crippen LogP contribution >= 0.6 is 11.3 Å². The van der Waals surface area contributed by atoms with Crippen molar-refractivity contribution in [3.8, 4) is 0 Å². The van der Waals surface area contributed by atoms with Crippen LogP contribution in [0.4, 0.5) is 0 Å². The Balaban J connectivity index is 1.71. The summed E-state index contributed by atoms with van der Waals surface area (Å²) in [7, 11) is 0. The molecule has 0 saturated heterocycles. The van der Waals surface area contributed by atoms with Crippen LogP contribution in [0.1, 0.15) is 23.4 Å². The smallest absolute Gasteiger partial charge is 0.0794 e. The quantitative estimate of drug-likeness (QED) is 0.778. The van der Waals surface area contributed by atoms with Gasteiger partial charge in [0.05, 0.1) is 12.1 Å². The van der Waals surface area contributed by atoms with E-state index in [9.17, 15) is 0 Å². The highest BCUT2D eigenvalue weighted by molar-refractivity contribution is 7.09.